The highest BCUT2D eigenvalue weighted by atomic mass is 79.9. The molecule has 0 saturated heterocycles. The van der Waals surface area contributed by atoms with Crippen LogP contribution in [0.15, 0.2) is 28.1 Å². The molecule has 0 saturated carbocycles. The number of pyridine rings is 1. The number of aromatic nitrogens is 1. The first-order valence-corrected chi connectivity index (χ1v) is 7.17. The fourth-order valence-corrected chi connectivity index (χ4v) is 2.85. The van der Waals surface area contributed by atoms with E-state index in [4.69, 9.17) is 10.5 Å². The highest BCUT2D eigenvalue weighted by Crippen LogP contribution is 2.24. The predicted molar refractivity (Wildman–Crippen MR) is 79.2 cm³/mol. The zero-order valence-corrected chi connectivity index (χ0v) is 12.3. The molecular weight excluding hydrogens is 314 g/mol. The Hall–Kier alpha value is -1.27. The molecule has 0 radical (unpaired) electrons. The first-order chi connectivity index (χ1) is 8.69. The minimum atomic E-state index is 0.481. The zero-order chi connectivity index (χ0) is 13.0. The molecule has 0 aromatic carbocycles. The second kappa shape index (κ2) is 6.06. The third-order valence-corrected chi connectivity index (χ3v) is 3.87. The normalized spacial score (nSPS) is 10.3. The molecular formula is C12H14BrN3OS. The number of nitrogens with zero attached hydrogens (tertiary/aromatic N) is 1. The molecule has 6 heteroatoms. The van der Waals surface area contributed by atoms with Crippen LogP contribution in [0.2, 0.25) is 0 Å². The summed E-state index contributed by atoms with van der Waals surface area (Å²) in [6.45, 7) is 3.20. The van der Waals surface area contributed by atoms with E-state index in [0.29, 0.717) is 18.2 Å². The summed E-state index contributed by atoms with van der Waals surface area (Å²) < 4.78 is 6.48. The van der Waals surface area contributed by atoms with E-state index >= 15 is 0 Å². The Morgan fingerprint density at radius 2 is 2.22 bits per heavy atom. The van der Waals surface area contributed by atoms with Crippen molar-refractivity contribution in [3.05, 3.63) is 32.9 Å². The summed E-state index contributed by atoms with van der Waals surface area (Å²) in [6, 6.07) is 7.75. The van der Waals surface area contributed by atoms with Gasteiger partial charge in [0.15, 0.2) is 0 Å². The number of thiophene rings is 1. The quantitative estimate of drug-likeness (QED) is 0.882. The molecule has 0 amide bonds. The van der Waals surface area contributed by atoms with Gasteiger partial charge in [0.25, 0.3) is 0 Å². The Morgan fingerprint density at radius 3 is 2.89 bits per heavy atom. The van der Waals surface area contributed by atoms with Gasteiger partial charge in [-0.2, -0.15) is 4.98 Å². The largest absolute Gasteiger partial charge is 0.476 e. The number of hydrogen-bond acceptors (Lipinski definition) is 5. The van der Waals surface area contributed by atoms with E-state index < -0.39 is 0 Å². The van der Waals surface area contributed by atoms with Gasteiger partial charge in [-0.1, -0.05) is 0 Å². The van der Waals surface area contributed by atoms with E-state index in [1.807, 2.05) is 19.1 Å². The number of ether oxygens (including phenoxy) is 1. The first-order valence-electron chi connectivity index (χ1n) is 5.56. The molecule has 0 aliphatic heterocycles. The van der Waals surface area contributed by atoms with Gasteiger partial charge < -0.3 is 15.8 Å². The van der Waals surface area contributed by atoms with E-state index in [9.17, 15) is 0 Å². The maximum Gasteiger partial charge on any atom is 0.239 e. The van der Waals surface area contributed by atoms with Crippen molar-refractivity contribution in [2.45, 2.75) is 13.5 Å². The van der Waals surface area contributed by atoms with Gasteiger partial charge in [-0.25, -0.2) is 0 Å². The van der Waals surface area contributed by atoms with Crippen LogP contribution in [0.3, 0.4) is 0 Å². The Kier molecular flexibility index (Phi) is 4.43. The SMILES string of the molecule is CCOc1nc(NCc2ccc(Br)s2)ccc1N. The standard InChI is InChI=1S/C12H14BrN3OS/c1-2-17-12-9(14)4-6-11(16-12)15-7-8-3-5-10(13)18-8/h3-6H,2,7,14H2,1H3,(H,15,16). The van der Waals surface area contributed by atoms with Crippen molar-refractivity contribution in [2.24, 2.45) is 0 Å². The van der Waals surface area contributed by atoms with E-state index in [-0.39, 0.29) is 0 Å². The lowest BCUT2D eigenvalue weighted by molar-refractivity contribution is 0.329. The van der Waals surface area contributed by atoms with Crippen LogP contribution in [-0.2, 0) is 6.54 Å². The molecule has 0 spiro atoms. The first kappa shape index (κ1) is 13.2. The number of nitrogen functional groups attached to an aromatic ring is 1. The summed E-state index contributed by atoms with van der Waals surface area (Å²) in [5, 5.41) is 3.24. The molecule has 0 unspecified atom stereocenters. The average Bonchev–Trinajstić information content (AvgIpc) is 2.76. The van der Waals surface area contributed by atoms with Crippen molar-refractivity contribution < 1.29 is 4.74 Å². The molecule has 2 aromatic rings. The third kappa shape index (κ3) is 3.36. The van der Waals surface area contributed by atoms with Crippen LogP contribution >= 0.6 is 27.3 Å². The lowest BCUT2D eigenvalue weighted by Crippen LogP contribution is -2.04. The number of halogens is 1. The van der Waals surface area contributed by atoms with E-state index in [1.54, 1.807) is 17.4 Å². The zero-order valence-electron chi connectivity index (χ0n) is 9.94. The lowest BCUT2D eigenvalue weighted by Gasteiger charge is -2.09. The number of nitrogens with one attached hydrogen (secondary N) is 1. The van der Waals surface area contributed by atoms with Gasteiger partial charge in [0, 0.05) is 4.88 Å². The number of anilines is 2. The molecule has 2 rings (SSSR count). The predicted octanol–water partition coefficient (Wildman–Crippen LogP) is 3.50. The van der Waals surface area contributed by atoms with E-state index in [0.717, 1.165) is 16.1 Å². The fraction of sp³-hybridized carbons (Fsp3) is 0.250. The number of hydrogen-bond donors (Lipinski definition) is 2. The Balaban J connectivity index is 2.03. The molecule has 0 aliphatic carbocycles. The molecule has 0 aliphatic rings. The monoisotopic (exact) mass is 327 g/mol. The smallest absolute Gasteiger partial charge is 0.239 e. The van der Waals surface area contributed by atoms with Gasteiger partial charge in [-0.3, -0.25) is 0 Å². The lowest BCUT2D eigenvalue weighted by atomic mass is 10.4. The Morgan fingerprint density at radius 1 is 1.39 bits per heavy atom. The third-order valence-electron chi connectivity index (χ3n) is 2.24. The summed E-state index contributed by atoms with van der Waals surface area (Å²) in [4.78, 5) is 5.55. The van der Waals surface area contributed by atoms with Crippen LogP contribution in [0.1, 0.15) is 11.8 Å². The topological polar surface area (TPSA) is 60.2 Å². The van der Waals surface area contributed by atoms with Crippen molar-refractivity contribution in [2.75, 3.05) is 17.7 Å². The fourth-order valence-electron chi connectivity index (χ4n) is 1.43. The highest BCUT2D eigenvalue weighted by Gasteiger charge is 2.04. The van der Waals surface area contributed by atoms with Gasteiger partial charge in [0.1, 0.15) is 5.82 Å². The van der Waals surface area contributed by atoms with Crippen molar-refractivity contribution in [1.82, 2.24) is 4.98 Å². The summed E-state index contributed by atoms with van der Waals surface area (Å²) in [5.41, 5.74) is 6.32. The molecule has 2 heterocycles. The Bertz CT molecular complexity index is 530. The van der Waals surface area contributed by atoms with Crippen molar-refractivity contribution >= 4 is 38.8 Å². The minimum Gasteiger partial charge on any atom is -0.476 e. The van der Waals surface area contributed by atoms with Crippen LogP contribution in [-0.4, -0.2) is 11.6 Å². The average molecular weight is 328 g/mol. The Labute approximate surface area is 118 Å². The number of nitrogens with two attached hydrogens (primary N) is 1. The summed E-state index contributed by atoms with van der Waals surface area (Å²) in [5.74, 6) is 1.24. The van der Waals surface area contributed by atoms with Gasteiger partial charge in [0.2, 0.25) is 5.88 Å². The summed E-state index contributed by atoms with van der Waals surface area (Å²) in [7, 11) is 0. The molecule has 4 nitrogen and oxygen atoms in total. The minimum absolute atomic E-state index is 0.481. The summed E-state index contributed by atoms with van der Waals surface area (Å²) in [6.07, 6.45) is 0. The van der Waals surface area contributed by atoms with E-state index in [1.165, 1.54) is 4.88 Å². The maximum atomic E-state index is 5.77. The van der Waals surface area contributed by atoms with Crippen LogP contribution in [0, 0.1) is 0 Å². The molecule has 0 bridgehead atoms. The van der Waals surface area contributed by atoms with Crippen LogP contribution in [0.4, 0.5) is 11.5 Å². The van der Waals surface area contributed by atoms with Gasteiger partial charge >= 0.3 is 0 Å². The van der Waals surface area contributed by atoms with Crippen molar-refractivity contribution in [3.8, 4) is 5.88 Å². The number of rotatable bonds is 5. The molecule has 0 fully saturated rings. The van der Waals surface area contributed by atoms with Crippen molar-refractivity contribution in [3.63, 3.8) is 0 Å². The van der Waals surface area contributed by atoms with E-state index in [2.05, 4.69) is 32.3 Å². The van der Waals surface area contributed by atoms with Crippen LogP contribution in [0.25, 0.3) is 0 Å². The molecule has 18 heavy (non-hydrogen) atoms. The highest BCUT2D eigenvalue weighted by molar-refractivity contribution is 9.11. The molecule has 96 valence electrons. The maximum absolute atomic E-state index is 5.77. The molecule has 3 N–H and O–H groups in total. The second-order valence-corrected chi connectivity index (χ2v) is 6.13. The molecule has 2 aromatic heterocycles. The molecule has 0 atom stereocenters. The summed E-state index contributed by atoms with van der Waals surface area (Å²) >= 11 is 5.13. The van der Waals surface area contributed by atoms with Gasteiger partial charge in [0.05, 0.1) is 22.6 Å². The van der Waals surface area contributed by atoms with Crippen molar-refractivity contribution in [1.29, 1.82) is 0 Å². The van der Waals surface area contributed by atoms with Gasteiger partial charge in [-0.05, 0) is 47.1 Å². The van der Waals surface area contributed by atoms with Crippen LogP contribution in [0.5, 0.6) is 5.88 Å². The second-order valence-electron chi connectivity index (χ2n) is 3.58. The van der Waals surface area contributed by atoms with Crippen LogP contribution < -0.4 is 15.8 Å². The van der Waals surface area contributed by atoms with Gasteiger partial charge in [-0.15, -0.1) is 11.3 Å².